The van der Waals surface area contributed by atoms with Gasteiger partial charge in [0, 0.05) is 27.1 Å². The third kappa shape index (κ3) is 76.6. The highest BCUT2D eigenvalue weighted by Crippen LogP contribution is 2.25. The van der Waals surface area contributed by atoms with Crippen molar-refractivity contribution < 1.29 is 25.4 Å². The highest BCUT2D eigenvalue weighted by atomic mass is 16.5. The molecule has 372 valence electrons. The highest BCUT2D eigenvalue weighted by molar-refractivity contribution is 5.32. The van der Waals surface area contributed by atoms with E-state index in [1.165, 1.54) is 238 Å². The zero-order valence-electron chi connectivity index (χ0n) is 43.3. The number of unbranched alkanes of at least 4 members (excludes halogenated alkanes) is 25. The summed E-state index contributed by atoms with van der Waals surface area (Å²) in [6.07, 6.45) is 48.5. The monoisotopic (exact) mass is 875 g/mol. The van der Waals surface area contributed by atoms with Crippen molar-refractivity contribution in [2.45, 2.75) is 260 Å². The summed E-state index contributed by atoms with van der Waals surface area (Å²) < 4.78 is 4.97. The first-order chi connectivity index (χ1) is 29.9. The van der Waals surface area contributed by atoms with Gasteiger partial charge >= 0.3 is 0 Å². The Bertz CT molecular complexity index is 695. The van der Waals surface area contributed by atoms with Crippen LogP contribution in [-0.2, 0) is 9.53 Å². The predicted molar refractivity (Wildman–Crippen MR) is 271 cm³/mol. The minimum atomic E-state index is -0.250. The molecule has 0 saturated heterocycles. The summed E-state index contributed by atoms with van der Waals surface area (Å²) in [5.74, 6) is 1.02. The fourth-order valence-corrected chi connectivity index (χ4v) is 7.54. The number of quaternary nitrogens is 1. The summed E-state index contributed by atoms with van der Waals surface area (Å²) in [4.78, 5) is 13.4. The number of ether oxygens (including phenoxy) is 1. The fraction of sp³-hybridized carbons (Fsp3) is 0.962. The van der Waals surface area contributed by atoms with Crippen molar-refractivity contribution in [1.82, 2.24) is 15.1 Å². The number of nitrogens with one attached hydrogen (secondary N) is 1. The van der Waals surface area contributed by atoms with Gasteiger partial charge in [0.25, 0.3) is 6.47 Å². The number of hydrogen-bond donors (Lipinski definition) is 4. The van der Waals surface area contributed by atoms with E-state index in [0.717, 1.165) is 25.7 Å². The van der Waals surface area contributed by atoms with Crippen molar-refractivity contribution in [3.05, 3.63) is 0 Å². The van der Waals surface area contributed by atoms with Crippen LogP contribution in [0.1, 0.15) is 260 Å². The van der Waals surface area contributed by atoms with Crippen LogP contribution < -0.4 is 10.9 Å². The molecule has 0 aliphatic heterocycles. The third-order valence-electron chi connectivity index (χ3n) is 11.1. The Balaban J connectivity index is -0.000000430. The minimum Gasteiger partial charge on any atom is -0.483 e. The maximum atomic E-state index is 8.36. The Morgan fingerprint density at radius 2 is 0.869 bits per heavy atom. The molecule has 9 heteroatoms. The molecular formula is C52H116N5O4+. The number of nitrogens with zero attached hydrogens (tertiary/aromatic N) is 3. The van der Waals surface area contributed by atoms with Gasteiger partial charge in [-0.3, -0.25) is 9.69 Å². The van der Waals surface area contributed by atoms with Crippen molar-refractivity contribution in [3.63, 3.8) is 0 Å². The number of methoxy groups -OCH3 is 1. The number of carboxylic acid groups (broad SMARTS) is 1. The second kappa shape index (κ2) is 70.6. The van der Waals surface area contributed by atoms with E-state index in [1.807, 2.05) is 13.8 Å². The fourth-order valence-electron chi connectivity index (χ4n) is 7.54. The van der Waals surface area contributed by atoms with Gasteiger partial charge < -0.3 is 20.1 Å². The summed E-state index contributed by atoms with van der Waals surface area (Å²) >= 11 is 0. The van der Waals surface area contributed by atoms with E-state index in [4.69, 9.17) is 19.8 Å². The molecule has 0 spiro atoms. The molecule has 5 N–H and O–H groups in total. The predicted octanol–water partition coefficient (Wildman–Crippen LogP) is 14.3. The Hall–Kier alpha value is -1.10. The molecule has 0 aliphatic rings. The summed E-state index contributed by atoms with van der Waals surface area (Å²) in [5.41, 5.74) is 0.639. The normalized spacial score (nSPS) is 10.6. The van der Waals surface area contributed by atoms with Crippen LogP contribution in [-0.4, -0.2) is 94.0 Å². The first-order valence-corrected chi connectivity index (χ1v) is 26.4. The molecule has 0 aromatic heterocycles. The van der Waals surface area contributed by atoms with Gasteiger partial charge in [-0.05, 0) is 71.9 Å². The van der Waals surface area contributed by atoms with E-state index in [2.05, 4.69) is 68.7 Å². The van der Waals surface area contributed by atoms with E-state index in [-0.39, 0.29) is 6.47 Å². The SMILES string of the molecule is C=N[NH2+]O.CC.CCCCCCCCC(CCCCCCCC)CCCCCCCN(CCCCCCCC)CCCNCN(C)C.CCCCCCCCCOC.O=CO. The molecule has 0 saturated carbocycles. The van der Waals surface area contributed by atoms with Crippen LogP contribution in [0.15, 0.2) is 5.10 Å². The molecule has 0 amide bonds. The van der Waals surface area contributed by atoms with Gasteiger partial charge in [0.1, 0.15) is 0 Å². The number of rotatable bonds is 44. The maximum Gasteiger partial charge on any atom is 0.290 e. The molecule has 0 unspecified atom stereocenters. The first-order valence-electron chi connectivity index (χ1n) is 26.4. The minimum absolute atomic E-state index is 0.250. The second-order valence-corrected chi connectivity index (χ2v) is 17.3. The molecule has 0 radical (unpaired) electrons. The number of carbonyl (C=O) groups is 1. The Morgan fingerprint density at radius 1 is 0.574 bits per heavy atom. The largest absolute Gasteiger partial charge is 0.483 e. The number of nitrogens with two attached hydrogens (primary N) is 1. The number of hydrogen-bond acceptors (Lipinski definition) is 7. The van der Waals surface area contributed by atoms with Crippen LogP contribution in [0.25, 0.3) is 0 Å². The van der Waals surface area contributed by atoms with E-state index < -0.39 is 0 Å². The topological polar surface area (TPSA) is 114 Å². The molecule has 0 fully saturated rings. The zero-order valence-corrected chi connectivity index (χ0v) is 43.3. The Labute approximate surface area is 384 Å². The van der Waals surface area contributed by atoms with Crippen molar-refractivity contribution >= 4 is 13.2 Å². The molecule has 9 nitrogen and oxygen atoms in total. The van der Waals surface area contributed by atoms with Crippen molar-refractivity contribution in [3.8, 4) is 0 Å². The van der Waals surface area contributed by atoms with Crippen LogP contribution in [0.5, 0.6) is 0 Å². The van der Waals surface area contributed by atoms with Crippen LogP contribution in [0.3, 0.4) is 0 Å². The summed E-state index contributed by atoms with van der Waals surface area (Å²) in [6.45, 7) is 22.9. The average Bonchev–Trinajstić information content (AvgIpc) is 3.27. The Kier molecular flexibility index (Phi) is 79.8. The van der Waals surface area contributed by atoms with E-state index >= 15 is 0 Å². The molecule has 0 aliphatic carbocycles. The van der Waals surface area contributed by atoms with Gasteiger partial charge in [-0.25, -0.2) is 0 Å². The van der Waals surface area contributed by atoms with E-state index in [9.17, 15) is 0 Å². The first kappa shape index (κ1) is 68.9. The molecule has 61 heavy (non-hydrogen) atoms. The molecule has 0 rings (SSSR count). The zero-order chi connectivity index (χ0) is 46.6. The van der Waals surface area contributed by atoms with Gasteiger partial charge in [-0.1, -0.05) is 245 Å². The lowest BCUT2D eigenvalue weighted by atomic mass is 9.89. The molecule has 0 aromatic carbocycles. The van der Waals surface area contributed by atoms with Crippen LogP contribution in [0.4, 0.5) is 0 Å². The lowest BCUT2D eigenvalue weighted by Crippen LogP contribution is -2.73. The van der Waals surface area contributed by atoms with Gasteiger partial charge in [0.05, 0.1) is 0 Å². The van der Waals surface area contributed by atoms with Crippen molar-refractivity contribution in [2.75, 3.05) is 60.7 Å². The van der Waals surface area contributed by atoms with Gasteiger partial charge in [0.2, 0.25) is 0 Å². The lowest BCUT2D eigenvalue weighted by Gasteiger charge is -2.23. The molecule has 0 aromatic rings. The molecule has 0 heterocycles. The van der Waals surface area contributed by atoms with E-state index in [0.29, 0.717) is 5.59 Å². The Morgan fingerprint density at radius 3 is 1.18 bits per heavy atom. The summed E-state index contributed by atoms with van der Waals surface area (Å²) in [6, 6.07) is 0. The molecule has 0 bridgehead atoms. The van der Waals surface area contributed by atoms with Crippen LogP contribution in [0, 0.1) is 5.92 Å². The quantitative estimate of drug-likeness (QED) is 0.0120. The average molecular weight is 876 g/mol. The third-order valence-corrected chi connectivity index (χ3v) is 11.1. The standard InChI is InChI=1S/C38H81N3.C10H22O.C2H6.CH4N2O.CH2O2/c1-6-9-12-15-19-24-30-38(31-25-20-16-13-10-7-2)32-26-21-18-23-28-35-41(34-27-22-17-14-11-8-3)36-29-33-39-37-40(4)5;1-3-4-5-6-7-8-9-10-11-2;1-2;1-2-3-4;2-1-3/h38-39H,6-37H2,1-5H3;3-10H2,1-2H3;1-2H3;3-4H,1H2;1H,(H,2,3)/p+1. The van der Waals surface area contributed by atoms with Gasteiger partial charge in [-0.2, -0.15) is 5.21 Å². The highest BCUT2D eigenvalue weighted by Gasteiger charge is 2.09. The van der Waals surface area contributed by atoms with Crippen LogP contribution >= 0.6 is 0 Å². The van der Waals surface area contributed by atoms with Gasteiger partial charge in [0.15, 0.2) is 0 Å². The smallest absolute Gasteiger partial charge is 0.290 e. The summed E-state index contributed by atoms with van der Waals surface area (Å²) in [5, 5.41) is 20.9. The summed E-state index contributed by atoms with van der Waals surface area (Å²) in [7, 11) is 6.06. The molecule has 0 atom stereocenters. The van der Waals surface area contributed by atoms with Crippen molar-refractivity contribution in [2.24, 2.45) is 11.0 Å². The lowest BCUT2D eigenvalue weighted by molar-refractivity contribution is -0.892. The maximum absolute atomic E-state index is 8.36. The molecular weight excluding hydrogens is 759 g/mol. The van der Waals surface area contributed by atoms with Crippen molar-refractivity contribution in [1.29, 1.82) is 0 Å². The van der Waals surface area contributed by atoms with E-state index in [1.54, 1.807) is 7.11 Å². The van der Waals surface area contributed by atoms with Gasteiger partial charge in [-0.15, -0.1) is 0 Å². The van der Waals surface area contributed by atoms with Crippen LogP contribution in [0.2, 0.25) is 0 Å². The second-order valence-electron chi connectivity index (χ2n) is 17.3.